The number of benzene rings is 2. The van der Waals surface area contributed by atoms with Crippen molar-refractivity contribution in [2.24, 2.45) is 5.41 Å². The Balaban J connectivity index is 1.97. The normalized spacial score (nSPS) is 14.0. The van der Waals surface area contributed by atoms with Crippen LogP contribution in [0.5, 0.6) is 0 Å². The summed E-state index contributed by atoms with van der Waals surface area (Å²) in [5.41, 5.74) is 0.890. The molecule has 2 aromatic carbocycles. The molecule has 4 N–H and O–H groups in total. The van der Waals surface area contributed by atoms with Crippen molar-refractivity contribution in [2.75, 3.05) is 5.32 Å². The van der Waals surface area contributed by atoms with Gasteiger partial charge in [-0.25, -0.2) is 4.79 Å². The van der Waals surface area contributed by atoms with Crippen molar-refractivity contribution in [2.45, 2.75) is 58.6 Å². The predicted octanol–water partition coefficient (Wildman–Crippen LogP) is 3.91. The molecule has 0 aliphatic heterocycles. The van der Waals surface area contributed by atoms with Gasteiger partial charge in [0.2, 0.25) is 5.91 Å². The summed E-state index contributed by atoms with van der Waals surface area (Å²) in [6, 6.07) is 16.1. The molecule has 0 fully saturated rings. The van der Waals surface area contributed by atoms with Gasteiger partial charge in [-0.2, -0.15) is 0 Å². The first-order chi connectivity index (χ1) is 15.5. The van der Waals surface area contributed by atoms with Crippen LogP contribution < -0.4 is 10.6 Å². The van der Waals surface area contributed by atoms with Gasteiger partial charge in [0.05, 0.1) is 0 Å². The quantitative estimate of drug-likeness (QED) is 0.355. The molecule has 0 aliphatic rings. The lowest BCUT2D eigenvalue weighted by Gasteiger charge is -2.31. The number of aliphatic hydroxyl groups is 1. The van der Waals surface area contributed by atoms with Crippen molar-refractivity contribution in [1.82, 2.24) is 10.4 Å². The van der Waals surface area contributed by atoms with Gasteiger partial charge in [-0.1, -0.05) is 76.2 Å². The smallest absolute Gasteiger partial charge is 0.349 e. The lowest BCUT2D eigenvalue weighted by atomic mass is 9.86. The molecule has 33 heavy (non-hydrogen) atoms. The molecule has 1 unspecified atom stereocenters. The molecule has 2 aromatic rings. The van der Waals surface area contributed by atoms with Crippen LogP contribution >= 0.6 is 0 Å². The van der Waals surface area contributed by atoms with Crippen LogP contribution in [-0.4, -0.2) is 45.4 Å². The molecule has 8 heteroatoms. The first-order valence-corrected chi connectivity index (χ1v) is 10.9. The third-order valence-electron chi connectivity index (χ3n) is 5.37. The Labute approximate surface area is 194 Å². The van der Waals surface area contributed by atoms with E-state index in [1.54, 1.807) is 51.1 Å². The SMILES string of the molecule is CC(CC[C@H](O)C(=O)N(O)C(=O)N[C@H](C(=O)Nc1ccccc1)C(C)(C)C)c1ccccc1. The second kappa shape index (κ2) is 11.6. The number of nitrogens with zero attached hydrogens (tertiary/aromatic N) is 1. The minimum Gasteiger partial charge on any atom is -0.383 e. The van der Waals surface area contributed by atoms with Gasteiger partial charge in [-0.15, -0.1) is 5.06 Å². The largest absolute Gasteiger partial charge is 0.383 e. The average molecular weight is 456 g/mol. The molecule has 0 bridgehead atoms. The lowest BCUT2D eigenvalue weighted by Crippen LogP contribution is -2.56. The van der Waals surface area contributed by atoms with Crippen molar-refractivity contribution in [3.05, 3.63) is 66.2 Å². The van der Waals surface area contributed by atoms with E-state index in [2.05, 4.69) is 10.6 Å². The fourth-order valence-corrected chi connectivity index (χ4v) is 3.32. The number of amides is 4. The summed E-state index contributed by atoms with van der Waals surface area (Å²) in [6.07, 6.45) is -1.01. The van der Waals surface area contributed by atoms with Crippen molar-refractivity contribution in [3.63, 3.8) is 0 Å². The van der Waals surface area contributed by atoms with E-state index in [0.29, 0.717) is 12.1 Å². The maximum absolute atomic E-state index is 12.8. The first-order valence-electron chi connectivity index (χ1n) is 10.9. The van der Waals surface area contributed by atoms with Crippen LogP contribution in [0.1, 0.15) is 52.0 Å². The molecule has 0 aromatic heterocycles. The number of hydrogen-bond acceptors (Lipinski definition) is 5. The number of nitrogens with one attached hydrogen (secondary N) is 2. The highest BCUT2D eigenvalue weighted by Crippen LogP contribution is 2.23. The third kappa shape index (κ3) is 7.69. The number of anilines is 1. The van der Waals surface area contributed by atoms with Gasteiger partial charge in [0, 0.05) is 5.69 Å². The number of rotatable bonds is 8. The minimum absolute atomic E-state index is 0.0659. The van der Waals surface area contributed by atoms with Crippen LogP contribution in [0.25, 0.3) is 0 Å². The van der Waals surface area contributed by atoms with Gasteiger partial charge in [-0.05, 0) is 41.9 Å². The molecule has 8 nitrogen and oxygen atoms in total. The first kappa shape index (κ1) is 26.0. The van der Waals surface area contributed by atoms with Gasteiger partial charge < -0.3 is 15.7 Å². The zero-order valence-corrected chi connectivity index (χ0v) is 19.5. The molecular formula is C25H33N3O5. The van der Waals surface area contributed by atoms with Crippen LogP contribution in [0.3, 0.4) is 0 Å². The molecule has 4 amide bonds. The number of carbonyl (C=O) groups is 3. The van der Waals surface area contributed by atoms with Gasteiger partial charge >= 0.3 is 6.03 Å². The summed E-state index contributed by atoms with van der Waals surface area (Å²) in [5, 5.41) is 25.3. The molecule has 0 radical (unpaired) electrons. The zero-order chi connectivity index (χ0) is 24.6. The molecular weight excluding hydrogens is 422 g/mol. The van der Waals surface area contributed by atoms with E-state index in [4.69, 9.17) is 0 Å². The van der Waals surface area contributed by atoms with Gasteiger partial charge in [0.25, 0.3) is 5.91 Å². The Morgan fingerprint density at radius 2 is 1.48 bits per heavy atom. The minimum atomic E-state index is -1.56. The molecule has 0 saturated carbocycles. The Morgan fingerprint density at radius 3 is 2.03 bits per heavy atom. The zero-order valence-electron chi connectivity index (χ0n) is 19.5. The average Bonchev–Trinajstić information content (AvgIpc) is 2.79. The predicted molar refractivity (Wildman–Crippen MR) is 126 cm³/mol. The van der Waals surface area contributed by atoms with Crippen LogP contribution in [-0.2, 0) is 9.59 Å². The van der Waals surface area contributed by atoms with Crippen molar-refractivity contribution < 1.29 is 24.7 Å². The Hall–Kier alpha value is -3.23. The molecule has 2 rings (SSSR count). The van der Waals surface area contributed by atoms with E-state index in [1.165, 1.54) is 0 Å². The Kier molecular flexibility index (Phi) is 9.13. The summed E-state index contributed by atoms with van der Waals surface area (Å²) >= 11 is 0. The number of hydrogen-bond donors (Lipinski definition) is 4. The number of para-hydroxylation sites is 1. The Morgan fingerprint density at radius 1 is 0.939 bits per heavy atom. The molecule has 178 valence electrons. The standard InChI is InChI=1S/C25H33N3O5/c1-17(18-11-7-5-8-12-18)15-16-20(29)23(31)28(33)24(32)27-21(25(2,3)4)22(30)26-19-13-9-6-10-14-19/h5-14,17,20-21,29,33H,15-16H2,1-4H3,(H,26,30)(H,27,32)/t17?,20-,21+/m0/s1. The fraction of sp³-hybridized carbons (Fsp3) is 0.400. The van der Waals surface area contributed by atoms with E-state index in [1.807, 2.05) is 37.3 Å². The highest BCUT2D eigenvalue weighted by molar-refractivity contribution is 6.00. The molecule has 0 spiro atoms. The molecule has 0 saturated heterocycles. The van der Waals surface area contributed by atoms with E-state index < -0.39 is 35.4 Å². The summed E-state index contributed by atoms with van der Waals surface area (Å²) in [7, 11) is 0. The highest BCUT2D eigenvalue weighted by Gasteiger charge is 2.36. The highest BCUT2D eigenvalue weighted by atomic mass is 16.5. The number of aliphatic hydroxyl groups excluding tert-OH is 1. The number of carbonyl (C=O) groups excluding carboxylic acids is 3. The van der Waals surface area contributed by atoms with E-state index in [9.17, 15) is 24.7 Å². The van der Waals surface area contributed by atoms with E-state index >= 15 is 0 Å². The maximum atomic E-state index is 12.8. The Bertz CT molecular complexity index is 928. The van der Waals surface area contributed by atoms with E-state index in [0.717, 1.165) is 5.56 Å². The number of urea groups is 1. The van der Waals surface area contributed by atoms with Crippen molar-refractivity contribution in [3.8, 4) is 0 Å². The number of hydroxylamine groups is 2. The van der Waals surface area contributed by atoms with Gasteiger partial charge in [-0.3, -0.25) is 14.8 Å². The third-order valence-corrected chi connectivity index (χ3v) is 5.37. The molecule has 0 heterocycles. The van der Waals surface area contributed by atoms with Gasteiger partial charge in [0.1, 0.15) is 12.1 Å². The van der Waals surface area contributed by atoms with E-state index in [-0.39, 0.29) is 17.4 Å². The van der Waals surface area contributed by atoms with Crippen LogP contribution in [0.2, 0.25) is 0 Å². The lowest BCUT2D eigenvalue weighted by molar-refractivity contribution is -0.163. The van der Waals surface area contributed by atoms with Crippen LogP contribution in [0, 0.1) is 5.41 Å². The summed E-state index contributed by atoms with van der Waals surface area (Å²) in [4.78, 5) is 37.7. The maximum Gasteiger partial charge on any atom is 0.349 e. The van der Waals surface area contributed by atoms with Crippen LogP contribution in [0.4, 0.5) is 10.5 Å². The van der Waals surface area contributed by atoms with Gasteiger partial charge in [0.15, 0.2) is 0 Å². The second-order valence-corrected chi connectivity index (χ2v) is 9.16. The summed E-state index contributed by atoms with van der Waals surface area (Å²) < 4.78 is 0. The monoisotopic (exact) mass is 455 g/mol. The summed E-state index contributed by atoms with van der Waals surface area (Å²) in [5.74, 6) is -1.56. The van der Waals surface area contributed by atoms with Crippen molar-refractivity contribution >= 4 is 23.5 Å². The van der Waals surface area contributed by atoms with Crippen LogP contribution in [0.15, 0.2) is 60.7 Å². The second-order valence-electron chi connectivity index (χ2n) is 9.16. The summed E-state index contributed by atoms with van der Waals surface area (Å²) in [6.45, 7) is 7.19. The topological polar surface area (TPSA) is 119 Å². The fourth-order valence-electron chi connectivity index (χ4n) is 3.32. The molecule has 0 aliphatic carbocycles. The molecule has 3 atom stereocenters. The van der Waals surface area contributed by atoms with Crippen molar-refractivity contribution in [1.29, 1.82) is 0 Å². The number of imide groups is 1.